The minimum Gasteiger partial charge on any atom is -0.314 e. The van der Waals surface area contributed by atoms with Crippen LogP contribution in [0, 0.1) is 11.8 Å². The Morgan fingerprint density at radius 2 is 2.00 bits per heavy atom. The molecule has 1 aliphatic carbocycles. The topological polar surface area (TPSA) is 15.3 Å². The Hall–Kier alpha value is -0.0800. The second-order valence-corrected chi connectivity index (χ2v) is 6.99. The number of hydrogen-bond donors (Lipinski definition) is 1. The van der Waals surface area contributed by atoms with Crippen LogP contribution in [0.2, 0.25) is 0 Å². The molecule has 0 bridgehead atoms. The molecule has 0 aromatic carbocycles. The largest absolute Gasteiger partial charge is 0.314 e. The van der Waals surface area contributed by atoms with Crippen molar-refractivity contribution in [3.63, 3.8) is 0 Å². The molecule has 3 unspecified atom stereocenters. The minimum atomic E-state index is 0.634. The molecule has 1 N–H and O–H groups in total. The SMILES string of the molecule is CC1CCCC(N2CCCC(CNC(C)C)C2)C1. The van der Waals surface area contributed by atoms with E-state index in [0.29, 0.717) is 6.04 Å². The van der Waals surface area contributed by atoms with Crippen molar-refractivity contribution in [1.29, 1.82) is 0 Å². The van der Waals surface area contributed by atoms with Gasteiger partial charge in [0.25, 0.3) is 0 Å². The van der Waals surface area contributed by atoms with Crippen molar-refractivity contribution in [2.75, 3.05) is 19.6 Å². The van der Waals surface area contributed by atoms with Crippen LogP contribution >= 0.6 is 0 Å². The fraction of sp³-hybridized carbons (Fsp3) is 1.00. The summed E-state index contributed by atoms with van der Waals surface area (Å²) in [6.07, 6.45) is 8.66. The van der Waals surface area contributed by atoms with E-state index < -0.39 is 0 Å². The Kier molecular flexibility index (Phi) is 5.50. The van der Waals surface area contributed by atoms with Crippen molar-refractivity contribution in [1.82, 2.24) is 10.2 Å². The lowest BCUT2D eigenvalue weighted by atomic mass is 9.84. The minimum absolute atomic E-state index is 0.634. The van der Waals surface area contributed by atoms with Gasteiger partial charge in [0.15, 0.2) is 0 Å². The first-order chi connectivity index (χ1) is 8.65. The molecule has 2 aliphatic rings. The molecule has 3 atom stereocenters. The van der Waals surface area contributed by atoms with Crippen LogP contribution in [0.25, 0.3) is 0 Å². The van der Waals surface area contributed by atoms with Gasteiger partial charge in [-0.15, -0.1) is 0 Å². The van der Waals surface area contributed by atoms with E-state index in [1.54, 1.807) is 0 Å². The van der Waals surface area contributed by atoms with Gasteiger partial charge in [-0.05, 0) is 50.6 Å². The van der Waals surface area contributed by atoms with Crippen LogP contribution in [0.5, 0.6) is 0 Å². The summed E-state index contributed by atoms with van der Waals surface area (Å²) in [7, 11) is 0. The van der Waals surface area contributed by atoms with E-state index in [2.05, 4.69) is 31.0 Å². The van der Waals surface area contributed by atoms with Gasteiger partial charge in [0.05, 0.1) is 0 Å². The first-order valence-electron chi connectivity index (χ1n) is 8.12. The second kappa shape index (κ2) is 6.91. The molecule has 1 aliphatic heterocycles. The number of nitrogens with zero attached hydrogens (tertiary/aromatic N) is 1. The van der Waals surface area contributed by atoms with E-state index in [1.165, 1.54) is 58.2 Å². The van der Waals surface area contributed by atoms with Crippen LogP contribution in [-0.2, 0) is 0 Å². The van der Waals surface area contributed by atoms with Crippen molar-refractivity contribution in [2.24, 2.45) is 11.8 Å². The van der Waals surface area contributed by atoms with Crippen LogP contribution < -0.4 is 5.32 Å². The molecule has 1 saturated heterocycles. The molecule has 2 fully saturated rings. The van der Waals surface area contributed by atoms with Gasteiger partial charge < -0.3 is 10.2 Å². The summed E-state index contributed by atoms with van der Waals surface area (Å²) < 4.78 is 0. The van der Waals surface area contributed by atoms with Crippen LogP contribution in [0.4, 0.5) is 0 Å². The summed E-state index contributed by atoms with van der Waals surface area (Å²) in [5, 5.41) is 3.62. The van der Waals surface area contributed by atoms with E-state index in [-0.39, 0.29) is 0 Å². The van der Waals surface area contributed by atoms with Crippen molar-refractivity contribution < 1.29 is 0 Å². The van der Waals surface area contributed by atoms with Gasteiger partial charge in [0.2, 0.25) is 0 Å². The zero-order valence-electron chi connectivity index (χ0n) is 12.6. The average molecular weight is 252 g/mol. The number of hydrogen-bond acceptors (Lipinski definition) is 2. The van der Waals surface area contributed by atoms with Gasteiger partial charge in [-0.2, -0.15) is 0 Å². The summed E-state index contributed by atoms with van der Waals surface area (Å²) in [6.45, 7) is 10.9. The smallest absolute Gasteiger partial charge is 0.00979 e. The molecular weight excluding hydrogens is 220 g/mol. The first kappa shape index (κ1) is 14.3. The lowest BCUT2D eigenvalue weighted by molar-refractivity contribution is 0.0843. The Morgan fingerprint density at radius 3 is 2.72 bits per heavy atom. The lowest BCUT2D eigenvalue weighted by Gasteiger charge is -2.41. The van der Waals surface area contributed by atoms with Gasteiger partial charge in [0.1, 0.15) is 0 Å². The fourth-order valence-electron chi connectivity index (χ4n) is 3.73. The third-order valence-corrected chi connectivity index (χ3v) is 4.79. The average Bonchev–Trinajstić information content (AvgIpc) is 2.37. The maximum atomic E-state index is 3.62. The van der Waals surface area contributed by atoms with Crippen molar-refractivity contribution in [3.05, 3.63) is 0 Å². The van der Waals surface area contributed by atoms with E-state index in [4.69, 9.17) is 0 Å². The predicted octanol–water partition coefficient (Wildman–Crippen LogP) is 3.28. The molecule has 18 heavy (non-hydrogen) atoms. The molecule has 2 rings (SSSR count). The van der Waals surface area contributed by atoms with Gasteiger partial charge >= 0.3 is 0 Å². The summed E-state index contributed by atoms with van der Waals surface area (Å²) >= 11 is 0. The third kappa shape index (κ3) is 4.24. The van der Waals surface area contributed by atoms with Gasteiger partial charge in [-0.1, -0.05) is 33.6 Å². The molecule has 0 aromatic heterocycles. The summed E-state index contributed by atoms with van der Waals surface area (Å²) in [6, 6.07) is 1.53. The zero-order chi connectivity index (χ0) is 13.0. The van der Waals surface area contributed by atoms with Gasteiger partial charge in [-0.25, -0.2) is 0 Å². The second-order valence-electron chi connectivity index (χ2n) is 6.99. The maximum Gasteiger partial charge on any atom is 0.00979 e. The fourth-order valence-corrected chi connectivity index (χ4v) is 3.73. The van der Waals surface area contributed by atoms with Gasteiger partial charge in [0, 0.05) is 18.6 Å². The monoisotopic (exact) mass is 252 g/mol. The number of nitrogens with one attached hydrogen (secondary N) is 1. The molecule has 2 heteroatoms. The van der Waals surface area contributed by atoms with Crippen LogP contribution in [-0.4, -0.2) is 36.6 Å². The Labute approximate surface area is 114 Å². The number of rotatable bonds is 4. The molecule has 106 valence electrons. The van der Waals surface area contributed by atoms with Gasteiger partial charge in [-0.3, -0.25) is 0 Å². The van der Waals surface area contributed by atoms with Crippen LogP contribution in [0.1, 0.15) is 59.3 Å². The lowest BCUT2D eigenvalue weighted by Crippen LogP contribution is -2.47. The van der Waals surface area contributed by atoms with E-state index >= 15 is 0 Å². The quantitative estimate of drug-likeness (QED) is 0.826. The highest BCUT2D eigenvalue weighted by Gasteiger charge is 2.28. The summed E-state index contributed by atoms with van der Waals surface area (Å²) in [4.78, 5) is 2.81. The van der Waals surface area contributed by atoms with Crippen molar-refractivity contribution in [2.45, 2.75) is 71.4 Å². The molecule has 0 amide bonds. The van der Waals surface area contributed by atoms with Crippen LogP contribution in [0.15, 0.2) is 0 Å². The molecule has 0 aromatic rings. The molecule has 1 saturated carbocycles. The molecule has 1 heterocycles. The molecular formula is C16H32N2. The Balaban J connectivity index is 1.78. The molecule has 2 nitrogen and oxygen atoms in total. The number of likely N-dealkylation sites (tertiary alicyclic amines) is 1. The Bertz CT molecular complexity index is 239. The van der Waals surface area contributed by atoms with E-state index in [0.717, 1.165) is 17.9 Å². The first-order valence-corrected chi connectivity index (χ1v) is 8.12. The van der Waals surface area contributed by atoms with E-state index in [9.17, 15) is 0 Å². The zero-order valence-corrected chi connectivity index (χ0v) is 12.6. The van der Waals surface area contributed by atoms with Crippen molar-refractivity contribution >= 4 is 0 Å². The normalized spacial score (nSPS) is 35.0. The van der Waals surface area contributed by atoms with Crippen LogP contribution in [0.3, 0.4) is 0 Å². The maximum absolute atomic E-state index is 3.62. The predicted molar refractivity (Wildman–Crippen MR) is 78.9 cm³/mol. The molecule has 0 radical (unpaired) electrons. The third-order valence-electron chi connectivity index (χ3n) is 4.79. The van der Waals surface area contributed by atoms with Crippen molar-refractivity contribution in [3.8, 4) is 0 Å². The summed E-state index contributed by atoms with van der Waals surface area (Å²) in [5.41, 5.74) is 0. The highest BCUT2D eigenvalue weighted by Crippen LogP contribution is 2.30. The standard InChI is InChI=1S/C16H32N2/c1-13(2)17-11-15-7-5-9-18(12-15)16-8-4-6-14(3)10-16/h13-17H,4-12H2,1-3H3. The number of piperidine rings is 1. The Morgan fingerprint density at radius 1 is 1.17 bits per heavy atom. The summed E-state index contributed by atoms with van der Waals surface area (Å²) in [5.74, 6) is 1.84. The highest BCUT2D eigenvalue weighted by atomic mass is 15.2. The van der Waals surface area contributed by atoms with E-state index in [1.807, 2.05) is 0 Å². The highest BCUT2D eigenvalue weighted by molar-refractivity contribution is 4.84. The molecule has 0 spiro atoms.